The molecule has 1 heterocycles. The van der Waals surface area contributed by atoms with Crippen LogP contribution in [-0.4, -0.2) is 22.6 Å². The molecule has 0 aliphatic heterocycles. The average Bonchev–Trinajstić information content (AvgIpc) is 2.80. The van der Waals surface area contributed by atoms with Crippen molar-refractivity contribution in [3.63, 3.8) is 0 Å². The third kappa shape index (κ3) is 5.31. The van der Waals surface area contributed by atoms with Gasteiger partial charge in [-0.2, -0.15) is 0 Å². The number of hydrogen-bond acceptors (Lipinski definition) is 5. The molecular weight excluding hydrogens is 463 g/mol. The number of carbonyl (C=O) groups excluding carboxylic acids is 1. The Morgan fingerprint density at radius 1 is 1.21 bits per heavy atom. The third-order valence-electron chi connectivity index (χ3n) is 5.43. The zero-order chi connectivity index (χ0) is 24.8. The van der Waals surface area contributed by atoms with Gasteiger partial charge in [-0.15, -0.1) is 0 Å². The number of methoxy groups -OCH3 is 1. The number of amides is 1. The van der Waals surface area contributed by atoms with Gasteiger partial charge in [0.25, 0.3) is 5.56 Å². The van der Waals surface area contributed by atoms with Crippen LogP contribution >= 0.6 is 11.6 Å². The van der Waals surface area contributed by atoms with E-state index in [1.165, 1.54) is 29.9 Å². The van der Waals surface area contributed by atoms with Crippen molar-refractivity contribution < 1.29 is 13.9 Å². The molecule has 0 radical (unpaired) electrons. The van der Waals surface area contributed by atoms with E-state index in [9.17, 15) is 18.8 Å². The number of aromatic amines is 1. The highest BCUT2D eigenvalue weighted by Gasteiger charge is 2.27. The summed E-state index contributed by atoms with van der Waals surface area (Å²) in [5.74, 6) is -0.938. The minimum absolute atomic E-state index is 0.00602. The van der Waals surface area contributed by atoms with Crippen molar-refractivity contribution in [1.29, 1.82) is 0 Å². The van der Waals surface area contributed by atoms with Gasteiger partial charge in [0, 0.05) is 22.7 Å². The Kier molecular flexibility index (Phi) is 8.12. The Labute approximate surface area is 200 Å². The van der Waals surface area contributed by atoms with Crippen LogP contribution in [0.1, 0.15) is 30.9 Å². The molecule has 3 rings (SSSR count). The molecule has 3 N–H and O–H groups in total. The summed E-state index contributed by atoms with van der Waals surface area (Å²) in [7, 11) is 1.48. The highest BCUT2D eigenvalue weighted by atomic mass is 35.5. The van der Waals surface area contributed by atoms with Gasteiger partial charge in [0.1, 0.15) is 17.4 Å². The zero-order valence-electron chi connectivity index (χ0n) is 18.9. The lowest BCUT2D eigenvalue weighted by Gasteiger charge is -2.25. The number of rotatable bonds is 9. The number of H-pyrrole nitrogens is 1. The highest BCUT2D eigenvalue weighted by molar-refractivity contribution is 6.31. The van der Waals surface area contributed by atoms with Gasteiger partial charge in [0.05, 0.1) is 20.1 Å². The van der Waals surface area contributed by atoms with E-state index in [1.54, 1.807) is 24.3 Å². The SMILES string of the molecule is CCCCn1c(N)c(N(Cc2ccccc2OC)C(=O)Cc2c(F)cccc2Cl)c(=O)[nH]c1=O. The van der Waals surface area contributed by atoms with Crippen LogP contribution in [0.4, 0.5) is 15.9 Å². The van der Waals surface area contributed by atoms with Crippen LogP contribution in [0, 0.1) is 5.82 Å². The van der Waals surface area contributed by atoms with Crippen molar-refractivity contribution in [3.05, 3.63) is 85.3 Å². The van der Waals surface area contributed by atoms with E-state index in [0.29, 0.717) is 17.7 Å². The van der Waals surface area contributed by atoms with Gasteiger partial charge < -0.3 is 10.5 Å². The second kappa shape index (κ2) is 11.0. The summed E-state index contributed by atoms with van der Waals surface area (Å²) in [4.78, 5) is 42.2. The van der Waals surface area contributed by atoms with E-state index in [4.69, 9.17) is 22.1 Å². The topological polar surface area (TPSA) is 110 Å². The minimum Gasteiger partial charge on any atom is -0.496 e. The number of halogens is 2. The van der Waals surface area contributed by atoms with Crippen LogP contribution in [0.2, 0.25) is 5.02 Å². The van der Waals surface area contributed by atoms with Gasteiger partial charge in [0.15, 0.2) is 5.69 Å². The second-order valence-corrected chi connectivity index (χ2v) is 8.07. The van der Waals surface area contributed by atoms with Crippen molar-refractivity contribution in [1.82, 2.24) is 9.55 Å². The quantitative estimate of drug-likeness (QED) is 0.479. The number of aromatic nitrogens is 2. The van der Waals surface area contributed by atoms with E-state index in [0.717, 1.165) is 11.3 Å². The monoisotopic (exact) mass is 488 g/mol. The van der Waals surface area contributed by atoms with Crippen LogP contribution in [0.15, 0.2) is 52.1 Å². The average molecular weight is 489 g/mol. The molecule has 10 heteroatoms. The predicted molar refractivity (Wildman–Crippen MR) is 130 cm³/mol. The number of para-hydroxylation sites is 1. The Morgan fingerprint density at radius 3 is 2.62 bits per heavy atom. The molecule has 0 atom stereocenters. The molecule has 180 valence electrons. The number of nitrogens with two attached hydrogens (primary N) is 1. The number of carbonyl (C=O) groups is 1. The molecule has 1 aromatic heterocycles. The summed E-state index contributed by atoms with van der Waals surface area (Å²) in [6.45, 7) is 2.11. The van der Waals surface area contributed by atoms with Crippen LogP contribution in [0.3, 0.4) is 0 Å². The molecule has 34 heavy (non-hydrogen) atoms. The summed E-state index contributed by atoms with van der Waals surface area (Å²) in [5, 5.41) is 0.0837. The maximum atomic E-state index is 14.4. The summed E-state index contributed by atoms with van der Waals surface area (Å²) in [6.07, 6.45) is 1.00. The maximum absolute atomic E-state index is 14.4. The van der Waals surface area contributed by atoms with Crippen molar-refractivity contribution in [2.24, 2.45) is 0 Å². The molecule has 3 aromatic rings. The Balaban J connectivity index is 2.15. The van der Waals surface area contributed by atoms with Crippen molar-refractivity contribution in [2.45, 2.75) is 39.3 Å². The fraction of sp³-hybridized carbons (Fsp3) is 0.292. The number of ether oxygens (including phenoxy) is 1. The van der Waals surface area contributed by atoms with Crippen molar-refractivity contribution in [2.75, 3.05) is 17.7 Å². The zero-order valence-corrected chi connectivity index (χ0v) is 19.7. The normalized spacial score (nSPS) is 10.8. The van der Waals surface area contributed by atoms with Gasteiger partial charge in [-0.25, -0.2) is 9.18 Å². The standard InChI is InChI=1S/C24H26ClFN4O4/c1-3-4-12-29-22(27)21(23(32)28-24(29)33)30(14-15-8-5-6-11-19(15)34-2)20(31)13-16-17(25)9-7-10-18(16)26/h5-11H,3-4,12-14,27H2,1-2H3,(H,28,32,33). The van der Waals surface area contributed by atoms with Gasteiger partial charge in [-0.05, 0) is 24.6 Å². The molecule has 0 fully saturated rings. The molecule has 0 saturated carbocycles. The summed E-state index contributed by atoms with van der Waals surface area (Å²) >= 11 is 6.13. The minimum atomic E-state index is -0.821. The van der Waals surface area contributed by atoms with Gasteiger partial charge in [-0.3, -0.25) is 24.0 Å². The summed E-state index contributed by atoms with van der Waals surface area (Å²) in [6, 6.07) is 11.1. The summed E-state index contributed by atoms with van der Waals surface area (Å²) < 4.78 is 21.0. The first-order valence-electron chi connectivity index (χ1n) is 10.8. The van der Waals surface area contributed by atoms with E-state index < -0.39 is 29.4 Å². The van der Waals surface area contributed by atoms with Gasteiger partial charge in [0.2, 0.25) is 5.91 Å². The predicted octanol–water partition coefficient (Wildman–Crippen LogP) is 3.50. The van der Waals surface area contributed by atoms with Gasteiger partial charge >= 0.3 is 5.69 Å². The van der Waals surface area contributed by atoms with Crippen LogP contribution < -0.4 is 26.6 Å². The maximum Gasteiger partial charge on any atom is 0.330 e. The van der Waals surface area contributed by atoms with E-state index in [1.807, 2.05) is 6.92 Å². The number of unbranched alkanes of at least 4 members (excludes halogenated alkanes) is 1. The lowest BCUT2D eigenvalue weighted by Crippen LogP contribution is -2.41. The molecule has 2 aromatic carbocycles. The van der Waals surface area contributed by atoms with E-state index in [-0.39, 0.29) is 35.2 Å². The first kappa shape index (κ1) is 25.0. The van der Waals surface area contributed by atoms with Crippen LogP contribution in [0.25, 0.3) is 0 Å². The molecule has 0 aliphatic rings. The number of nitrogens with zero attached hydrogens (tertiary/aromatic N) is 2. The molecule has 0 bridgehead atoms. The fourth-order valence-corrected chi connectivity index (χ4v) is 3.85. The lowest BCUT2D eigenvalue weighted by atomic mass is 10.1. The molecule has 8 nitrogen and oxygen atoms in total. The lowest BCUT2D eigenvalue weighted by molar-refractivity contribution is -0.118. The first-order valence-corrected chi connectivity index (χ1v) is 11.1. The number of nitrogens with one attached hydrogen (secondary N) is 1. The first-order chi connectivity index (χ1) is 16.3. The smallest absolute Gasteiger partial charge is 0.330 e. The Morgan fingerprint density at radius 2 is 1.94 bits per heavy atom. The third-order valence-corrected chi connectivity index (χ3v) is 5.79. The van der Waals surface area contributed by atoms with Gasteiger partial charge in [-0.1, -0.05) is 49.2 Å². The molecule has 0 saturated heterocycles. The molecule has 0 aliphatic carbocycles. The molecule has 0 unspecified atom stereocenters. The molecular formula is C24H26ClFN4O4. The van der Waals surface area contributed by atoms with Crippen LogP contribution in [0.5, 0.6) is 5.75 Å². The van der Waals surface area contributed by atoms with Crippen molar-refractivity contribution >= 4 is 29.0 Å². The second-order valence-electron chi connectivity index (χ2n) is 7.67. The van der Waals surface area contributed by atoms with Crippen LogP contribution in [-0.2, 0) is 24.3 Å². The fourth-order valence-electron chi connectivity index (χ4n) is 3.62. The Bertz CT molecular complexity index is 1280. The van der Waals surface area contributed by atoms with E-state index >= 15 is 0 Å². The number of nitrogen functional groups attached to an aromatic ring is 1. The summed E-state index contributed by atoms with van der Waals surface area (Å²) in [5.41, 5.74) is 5.16. The molecule has 0 spiro atoms. The molecule has 1 amide bonds. The number of hydrogen-bond donors (Lipinski definition) is 2. The largest absolute Gasteiger partial charge is 0.496 e. The van der Waals surface area contributed by atoms with E-state index in [2.05, 4.69) is 4.98 Å². The Hall–Kier alpha value is -3.59. The number of benzene rings is 2. The number of anilines is 2. The van der Waals surface area contributed by atoms with Crippen molar-refractivity contribution in [3.8, 4) is 5.75 Å². The highest BCUT2D eigenvalue weighted by Crippen LogP contribution is 2.27.